The number of halogens is 5. The summed E-state index contributed by atoms with van der Waals surface area (Å²) in [5, 5.41) is 0.760. The Morgan fingerprint density at radius 2 is 1.74 bits per heavy atom. The van der Waals surface area contributed by atoms with Crippen LogP contribution in [-0.2, 0) is 0 Å². The van der Waals surface area contributed by atoms with Gasteiger partial charge in [-0.25, -0.2) is 8.78 Å². The summed E-state index contributed by atoms with van der Waals surface area (Å²) in [6, 6.07) is 6.71. The zero-order valence-electron chi connectivity index (χ0n) is 9.43. The van der Waals surface area contributed by atoms with Crippen molar-refractivity contribution in [2.45, 2.75) is 6.04 Å². The molecule has 0 spiro atoms. The van der Waals surface area contributed by atoms with Gasteiger partial charge in [0.1, 0.15) is 0 Å². The lowest BCUT2D eigenvalue weighted by molar-refractivity contribution is 0.501. The van der Waals surface area contributed by atoms with Crippen molar-refractivity contribution in [1.82, 2.24) is 0 Å². The summed E-state index contributed by atoms with van der Waals surface area (Å²) in [6.07, 6.45) is 0. The number of rotatable bonds is 2. The molecule has 2 aromatic carbocycles. The third-order valence-corrected chi connectivity index (χ3v) is 4.25. The topological polar surface area (TPSA) is 26.0 Å². The Kier molecular flexibility index (Phi) is 4.46. The van der Waals surface area contributed by atoms with E-state index in [1.807, 2.05) is 0 Å². The number of hydrogen-bond donors (Lipinski definition) is 1. The molecule has 6 heteroatoms. The van der Waals surface area contributed by atoms with E-state index in [-0.39, 0.29) is 4.47 Å². The van der Waals surface area contributed by atoms with Gasteiger partial charge < -0.3 is 5.73 Å². The van der Waals surface area contributed by atoms with E-state index in [0.717, 1.165) is 6.07 Å². The molecule has 0 radical (unpaired) electrons. The lowest BCUT2D eigenvalue weighted by Gasteiger charge is -2.15. The maximum atomic E-state index is 13.5. The second-order valence-corrected chi connectivity index (χ2v) is 5.52. The van der Waals surface area contributed by atoms with Gasteiger partial charge in [0.05, 0.1) is 20.6 Å². The highest BCUT2D eigenvalue weighted by Gasteiger charge is 2.18. The van der Waals surface area contributed by atoms with Crippen molar-refractivity contribution in [2.75, 3.05) is 0 Å². The van der Waals surface area contributed by atoms with Crippen LogP contribution in [0.4, 0.5) is 8.78 Å². The summed E-state index contributed by atoms with van der Waals surface area (Å²) >= 11 is 14.7. The molecule has 2 rings (SSSR count). The van der Waals surface area contributed by atoms with Crippen molar-refractivity contribution in [3.8, 4) is 0 Å². The molecule has 0 aliphatic carbocycles. The molecule has 100 valence electrons. The van der Waals surface area contributed by atoms with Gasteiger partial charge in [-0.1, -0.05) is 35.3 Å². The molecule has 0 fully saturated rings. The molecule has 0 heterocycles. The molecule has 0 aliphatic rings. The van der Waals surface area contributed by atoms with E-state index in [2.05, 4.69) is 15.9 Å². The van der Waals surface area contributed by atoms with Crippen molar-refractivity contribution in [3.63, 3.8) is 0 Å². The second kappa shape index (κ2) is 5.75. The minimum atomic E-state index is -0.965. The summed E-state index contributed by atoms with van der Waals surface area (Å²) < 4.78 is 26.5. The van der Waals surface area contributed by atoms with E-state index >= 15 is 0 Å². The predicted molar refractivity (Wildman–Crippen MR) is 76.6 cm³/mol. The van der Waals surface area contributed by atoms with E-state index in [1.54, 1.807) is 18.2 Å². The lowest BCUT2D eigenvalue weighted by atomic mass is 9.99. The van der Waals surface area contributed by atoms with E-state index in [4.69, 9.17) is 28.9 Å². The van der Waals surface area contributed by atoms with Gasteiger partial charge in [0.2, 0.25) is 0 Å². The van der Waals surface area contributed by atoms with E-state index in [9.17, 15) is 8.78 Å². The van der Waals surface area contributed by atoms with Crippen LogP contribution in [0.3, 0.4) is 0 Å². The van der Waals surface area contributed by atoms with Crippen LogP contribution in [0.1, 0.15) is 17.2 Å². The second-order valence-electron chi connectivity index (χ2n) is 3.92. The summed E-state index contributed by atoms with van der Waals surface area (Å²) in [5.41, 5.74) is 7.12. The largest absolute Gasteiger partial charge is 0.320 e. The molecule has 1 unspecified atom stereocenters. The monoisotopic (exact) mass is 365 g/mol. The number of nitrogens with two attached hydrogens (primary N) is 1. The Morgan fingerprint density at radius 1 is 1.05 bits per heavy atom. The summed E-state index contributed by atoms with van der Waals surface area (Å²) in [7, 11) is 0. The fraction of sp³-hybridized carbons (Fsp3) is 0.0769. The van der Waals surface area contributed by atoms with Crippen molar-refractivity contribution in [1.29, 1.82) is 0 Å². The Bertz CT molecular complexity index is 634. The van der Waals surface area contributed by atoms with Gasteiger partial charge >= 0.3 is 0 Å². The molecule has 0 saturated heterocycles. The van der Waals surface area contributed by atoms with E-state index < -0.39 is 17.7 Å². The zero-order valence-corrected chi connectivity index (χ0v) is 12.5. The molecule has 0 aromatic heterocycles. The van der Waals surface area contributed by atoms with Crippen LogP contribution < -0.4 is 5.73 Å². The van der Waals surface area contributed by atoms with Gasteiger partial charge in [-0.05, 0) is 45.3 Å². The summed E-state index contributed by atoms with van der Waals surface area (Å²) in [6.45, 7) is 0. The average molecular weight is 367 g/mol. The molecule has 1 nitrogen and oxygen atoms in total. The Balaban J connectivity index is 2.47. The first kappa shape index (κ1) is 14.7. The number of hydrogen-bond acceptors (Lipinski definition) is 1. The van der Waals surface area contributed by atoms with E-state index in [1.165, 1.54) is 6.07 Å². The normalized spacial score (nSPS) is 12.5. The third-order valence-electron chi connectivity index (χ3n) is 2.70. The fourth-order valence-corrected chi connectivity index (χ4v) is 2.54. The van der Waals surface area contributed by atoms with Crippen molar-refractivity contribution in [3.05, 3.63) is 67.6 Å². The van der Waals surface area contributed by atoms with Crippen molar-refractivity contribution < 1.29 is 8.78 Å². The molecular formula is C13H8BrCl2F2N. The third kappa shape index (κ3) is 2.92. The average Bonchev–Trinajstić information content (AvgIpc) is 2.39. The van der Waals surface area contributed by atoms with Crippen LogP contribution in [0.5, 0.6) is 0 Å². The number of benzene rings is 2. The van der Waals surface area contributed by atoms with Gasteiger partial charge in [-0.15, -0.1) is 0 Å². The minimum absolute atomic E-state index is 0.00562. The summed E-state index contributed by atoms with van der Waals surface area (Å²) in [4.78, 5) is 0. The first-order chi connectivity index (χ1) is 8.91. The standard InChI is InChI=1S/C13H8BrCl2F2N/c14-11-7(2-4-10(17)12(11)18)13(19)6-1-3-8(15)9(16)5-6/h1-5,13H,19H2. The molecule has 0 saturated carbocycles. The van der Waals surface area contributed by atoms with Crippen molar-refractivity contribution in [2.24, 2.45) is 5.73 Å². The van der Waals surface area contributed by atoms with Gasteiger partial charge in [-0.2, -0.15) is 0 Å². The molecular weight excluding hydrogens is 359 g/mol. The van der Waals surface area contributed by atoms with Gasteiger partial charge in [-0.3, -0.25) is 0 Å². The first-order valence-corrected chi connectivity index (χ1v) is 6.80. The highest BCUT2D eigenvalue weighted by molar-refractivity contribution is 9.10. The maximum absolute atomic E-state index is 13.5. The molecule has 2 aromatic rings. The Labute approximate surface area is 127 Å². The quantitative estimate of drug-likeness (QED) is 0.736. The summed E-state index contributed by atoms with van der Waals surface area (Å²) in [5.74, 6) is -1.90. The fourth-order valence-electron chi connectivity index (χ4n) is 1.67. The maximum Gasteiger partial charge on any atom is 0.173 e. The Hall–Kier alpha value is -0.680. The highest BCUT2D eigenvalue weighted by Crippen LogP contribution is 2.32. The van der Waals surface area contributed by atoms with Crippen LogP contribution in [-0.4, -0.2) is 0 Å². The highest BCUT2D eigenvalue weighted by atomic mass is 79.9. The van der Waals surface area contributed by atoms with Crippen LogP contribution in [0.2, 0.25) is 10.0 Å². The van der Waals surface area contributed by atoms with Gasteiger partial charge in [0.15, 0.2) is 11.6 Å². The van der Waals surface area contributed by atoms with Crippen molar-refractivity contribution >= 4 is 39.1 Å². The molecule has 19 heavy (non-hydrogen) atoms. The zero-order chi connectivity index (χ0) is 14.2. The minimum Gasteiger partial charge on any atom is -0.320 e. The van der Waals surface area contributed by atoms with Crippen LogP contribution in [0.15, 0.2) is 34.8 Å². The molecule has 2 N–H and O–H groups in total. The van der Waals surface area contributed by atoms with Gasteiger partial charge in [0.25, 0.3) is 0 Å². The first-order valence-electron chi connectivity index (χ1n) is 5.25. The predicted octanol–water partition coefficient (Wildman–Crippen LogP) is 5.08. The van der Waals surface area contributed by atoms with Gasteiger partial charge in [0, 0.05) is 0 Å². The molecule has 0 aliphatic heterocycles. The molecule has 0 bridgehead atoms. The SMILES string of the molecule is NC(c1ccc(Cl)c(Cl)c1)c1ccc(F)c(F)c1Br. The smallest absolute Gasteiger partial charge is 0.173 e. The van der Waals surface area contributed by atoms with Crippen LogP contribution in [0, 0.1) is 11.6 Å². The molecule has 0 amide bonds. The molecule has 1 atom stereocenters. The van der Waals surface area contributed by atoms with Crippen LogP contribution in [0.25, 0.3) is 0 Å². The lowest BCUT2D eigenvalue weighted by Crippen LogP contribution is -2.13. The van der Waals surface area contributed by atoms with E-state index in [0.29, 0.717) is 21.2 Å². The van der Waals surface area contributed by atoms with Crippen LogP contribution >= 0.6 is 39.1 Å². The Morgan fingerprint density at radius 3 is 2.37 bits per heavy atom.